The molecule has 19 heavy (non-hydrogen) atoms. The summed E-state index contributed by atoms with van der Waals surface area (Å²) in [6, 6.07) is 0. The van der Waals surface area contributed by atoms with E-state index in [9.17, 15) is 19.5 Å². The Kier molecular flexibility index (Phi) is 4.07. The van der Waals surface area contributed by atoms with Crippen molar-refractivity contribution in [2.75, 3.05) is 13.1 Å². The highest BCUT2D eigenvalue weighted by atomic mass is 16.6. The number of esters is 1. The summed E-state index contributed by atoms with van der Waals surface area (Å²) in [5, 5.41) is 18.1. The van der Waals surface area contributed by atoms with Crippen molar-refractivity contribution in [3.05, 3.63) is 0 Å². The third-order valence-electron chi connectivity index (χ3n) is 3.09. The van der Waals surface area contributed by atoms with E-state index in [-0.39, 0.29) is 25.9 Å². The van der Waals surface area contributed by atoms with Gasteiger partial charge in [-0.3, -0.25) is 9.59 Å². The van der Waals surface area contributed by atoms with E-state index in [1.165, 1.54) is 0 Å². The summed E-state index contributed by atoms with van der Waals surface area (Å²) in [4.78, 5) is 35.4. The van der Waals surface area contributed by atoms with Crippen LogP contribution in [0.25, 0.3) is 0 Å². The van der Waals surface area contributed by atoms with Gasteiger partial charge in [-0.2, -0.15) is 0 Å². The molecule has 0 atom stereocenters. The second-order valence-electron chi connectivity index (χ2n) is 5.66. The number of rotatable bonds is 2. The summed E-state index contributed by atoms with van der Waals surface area (Å²) in [6.07, 6.45) is -1.24. The second-order valence-corrected chi connectivity index (χ2v) is 5.66. The van der Waals surface area contributed by atoms with E-state index in [1.807, 2.05) is 0 Å². The molecule has 0 radical (unpaired) electrons. The van der Waals surface area contributed by atoms with Crippen LogP contribution in [0.5, 0.6) is 0 Å². The third kappa shape index (κ3) is 3.36. The normalized spacial score (nSPS) is 18.8. The Morgan fingerprint density at radius 3 is 1.89 bits per heavy atom. The lowest BCUT2D eigenvalue weighted by Crippen LogP contribution is -2.52. The predicted molar refractivity (Wildman–Crippen MR) is 64.7 cm³/mol. The summed E-state index contributed by atoms with van der Waals surface area (Å²) >= 11 is 0. The molecule has 0 aromatic heterocycles. The lowest BCUT2D eigenvalue weighted by atomic mass is 9.78. The summed E-state index contributed by atoms with van der Waals surface area (Å²) in [5.41, 5.74) is -2.41. The van der Waals surface area contributed by atoms with E-state index in [0.717, 1.165) is 4.90 Å². The maximum Gasteiger partial charge on any atom is 0.407 e. The van der Waals surface area contributed by atoms with Crippen molar-refractivity contribution < 1.29 is 29.3 Å². The molecule has 0 aliphatic carbocycles. The molecule has 0 aromatic carbocycles. The molecule has 0 unspecified atom stereocenters. The van der Waals surface area contributed by atoms with Crippen molar-refractivity contribution in [3.8, 4) is 0 Å². The fraction of sp³-hybridized carbons (Fsp3) is 0.750. The molecule has 1 aliphatic rings. The van der Waals surface area contributed by atoms with Gasteiger partial charge >= 0.3 is 18.0 Å². The Morgan fingerprint density at radius 1 is 1.11 bits per heavy atom. The molecule has 0 spiro atoms. The van der Waals surface area contributed by atoms with Gasteiger partial charge in [-0.1, -0.05) is 0 Å². The first-order chi connectivity index (χ1) is 8.58. The van der Waals surface area contributed by atoms with Gasteiger partial charge in [0.1, 0.15) is 5.60 Å². The standard InChI is InChI=1S/C12H19NO6/c1-11(2,3)19-9(16)12(8(14)15)4-6-13(7-5-12)10(17)18/h4-7H2,1-3H3,(H,14,15)(H,17,18). The lowest BCUT2D eigenvalue weighted by molar-refractivity contribution is -0.180. The van der Waals surface area contributed by atoms with Crippen LogP contribution < -0.4 is 0 Å². The van der Waals surface area contributed by atoms with Crippen LogP contribution in [0.3, 0.4) is 0 Å². The first-order valence-electron chi connectivity index (χ1n) is 6.03. The van der Waals surface area contributed by atoms with E-state index in [4.69, 9.17) is 9.84 Å². The van der Waals surface area contributed by atoms with Gasteiger partial charge in [0.05, 0.1) is 0 Å². The molecule has 1 fully saturated rings. The Morgan fingerprint density at radius 2 is 1.58 bits per heavy atom. The van der Waals surface area contributed by atoms with Crippen LogP contribution in [0.2, 0.25) is 0 Å². The molecule has 1 aliphatic heterocycles. The molecular weight excluding hydrogens is 254 g/mol. The molecular formula is C12H19NO6. The first kappa shape index (κ1) is 15.3. The van der Waals surface area contributed by atoms with Crippen molar-refractivity contribution >= 4 is 18.0 Å². The SMILES string of the molecule is CC(C)(C)OC(=O)C1(C(=O)O)CCN(C(=O)O)CC1. The molecule has 2 N–H and O–H groups in total. The van der Waals surface area contributed by atoms with E-state index < -0.39 is 29.0 Å². The smallest absolute Gasteiger partial charge is 0.407 e. The number of aliphatic carboxylic acids is 1. The number of carboxylic acid groups (broad SMARTS) is 2. The van der Waals surface area contributed by atoms with Gasteiger partial charge in [0.15, 0.2) is 5.41 Å². The van der Waals surface area contributed by atoms with Gasteiger partial charge in [-0.05, 0) is 33.6 Å². The fourth-order valence-corrected chi connectivity index (χ4v) is 1.96. The van der Waals surface area contributed by atoms with E-state index >= 15 is 0 Å². The highest BCUT2D eigenvalue weighted by Crippen LogP contribution is 2.34. The minimum atomic E-state index is -1.64. The number of amides is 1. The molecule has 1 rings (SSSR count). The Hall–Kier alpha value is -1.79. The molecule has 1 heterocycles. The molecule has 108 valence electrons. The first-order valence-corrected chi connectivity index (χ1v) is 6.03. The molecule has 1 saturated heterocycles. The van der Waals surface area contributed by atoms with Crippen molar-refractivity contribution in [2.45, 2.75) is 39.2 Å². The fourth-order valence-electron chi connectivity index (χ4n) is 1.96. The lowest BCUT2D eigenvalue weighted by Gasteiger charge is -2.37. The van der Waals surface area contributed by atoms with Crippen molar-refractivity contribution in [3.63, 3.8) is 0 Å². The topological polar surface area (TPSA) is 104 Å². The minimum absolute atomic E-state index is 0.0148. The summed E-state index contributed by atoms with van der Waals surface area (Å²) in [6.45, 7) is 5.01. The zero-order chi connectivity index (χ0) is 14.8. The molecule has 1 amide bonds. The summed E-state index contributed by atoms with van der Waals surface area (Å²) in [7, 11) is 0. The number of carboxylic acids is 1. The largest absolute Gasteiger partial charge is 0.480 e. The number of likely N-dealkylation sites (tertiary alicyclic amines) is 1. The monoisotopic (exact) mass is 273 g/mol. The number of carbonyl (C=O) groups is 3. The van der Waals surface area contributed by atoms with Crippen molar-refractivity contribution in [1.29, 1.82) is 0 Å². The van der Waals surface area contributed by atoms with Crippen LogP contribution >= 0.6 is 0 Å². The number of hydrogen-bond acceptors (Lipinski definition) is 4. The van der Waals surface area contributed by atoms with Crippen LogP contribution in [0.1, 0.15) is 33.6 Å². The van der Waals surface area contributed by atoms with Gasteiger partial charge in [0.2, 0.25) is 0 Å². The summed E-state index contributed by atoms with van der Waals surface area (Å²) < 4.78 is 5.15. The van der Waals surface area contributed by atoms with Gasteiger partial charge in [0.25, 0.3) is 0 Å². The second kappa shape index (κ2) is 5.07. The van der Waals surface area contributed by atoms with E-state index in [2.05, 4.69) is 0 Å². The van der Waals surface area contributed by atoms with Crippen LogP contribution in [0.4, 0.5) is 4.79 Å². The highest BCUT2D eigenvalue weighted by molar-refractivity contribution is 5.99. The maximum absolute atomic E-state index is 12.1. The molecule has 0 aromatic rings. The van der Waals surface area contributed by atoms with Gasteiger partial charge in [0, 0.05) is 13.1 Å². The average molecular weight is 273 g/mol. The molecule has 7 nitrogen and oxygen atoms in total. The van der Waals surface area contributed by atoms with Crippen molar-refractivity contribution in [1.82, 2.24) is 4.90 Å². The van der Waals surface area contributed by atoms with Crippen LogP contribution in [-0.4, -0.2) is 51.8 Å². The maximum atomic E-state index is 12.1. The van der Waals surface area contributed by atoms with E-state index in [0.29, 0.717) is 0 Å². The Bertz CT molecular complexity index is 390. The predicted octanol–water partition coefficient (Wildman–Crippen LogP) is 1.17. The highest BCUT2D eigenvalue weighted by Gasteiger charge is 2.51. The van der Waals surface area contributed by atoms with Gasteiger partial charge in [-0.25, -0.2) is 4.79 Å². The number of carbonyl (C=O) groups excluding carboxylic acids is 1. The molecule has 0 bridgehead atoms. The quantitative estimate of drug-likeness (QED) is 0.578. The van der Waals surface area contributed by atoms with Crippen LogP contribution in [-0.2, 0) is 14.3 Å². The molecule has 7 heteroatoms. The van der Waals surface area contributed by atoms with Gasteiger partial charge in [-0.15, -0.1) is 0 Å². The van der Waals surface area contributed by atoms with Crippen molar-refractivity contribution in [2.24, 2.45) is 5.41 Å². The molecule has 0 saturated carbocycles. The zero-order valence-electron chi connectivity index (χ0n) is 11.3. The number of hydrogen-bond donors (Lipinski definition) is 2. The van der Waals surface area contributed by atoms with E-state index in [1.54, 1.807) is 20.8 Å². The third-order valence-corrected chi connectivity index (χ3v) is 3.09. The zero-order valence-corrected chi connectivity index (χ0v) is 11.3. The van der Waals surface area contributed by atoms with Gasteiger partial charge < -0.3 is 19.8 Å². The number of ether oxygens (including phenoxy) is 1. The van der Waals surface area contributed by atoms with Crippen LogP contribution in [0.15, 0.2) is 0 Å². The van der Waals surface area contributed by atoms with Crippen LogP contribution in [0, 0.1) is 5.41 Å². The minimum Gasteiger partial charge on any atom is -0.480 e. The Balaban J connectivity index is 2.87. The Labute approximate surface area is 111 Å². The number of nitrogens with zero attached hydrogens (tertiary/aromatic N) is 1. The summed E-state index contributed by atoms with van der Waals surface area (Å²) in [5.74, 6) is -2.05. The number of piperidine rings is 1. The average Bonchev–Trinajstić information content (AvgIpc) is 2.26.